The average Bonchev–Trinajstić information content (AvgIpc) is 1.80. The summed E-state index contributed by atoms with van der Waals surface area (Å²) in [5.41, 5.74) is 5.20. The summed E-state index contributed by atoms with van der Waals surface area (Å²) in [6.07, 6.45) is 2.91. The first kappa shape index (κ1) is 23.2. The number of hydrogen-bond acceptors (Lipinski definition) is 2. The van der Waals surface area contributed by atoms with Gasteiger partial charge in [0.15, 0.2) is 17.4 Å². The van der Waals surface area contributed by atoms with Gasteiger partial charge in [-0.15, -0.1) is 12.4 Å². The summed E-state index contributed by atoms with van der Waals surface area (Å²) in [4.78, 5) is 9.93. The molecule has 0 heterocycles. The molecular weight excluding hydrogens is 272 g/mol. The standard InChI is InChI=1S/C6H13NO2.Al.ClH.Zr.3H/c7-5-3-1-2-4-6(8)9;;;;;;/h1-5,7H2,(H,8,9);;1H;;;;. The minimum atomic E-state index is -0.716. The van der Waals surface area contributed by atoms with E-state index >= 15 is 0 Å². The van der Waals surface area contributed by atoms with Crippen molar-refractivity contribution in [1.29, 1.82) is 0 Å². The maximum Gasteiger partial charge on any atom is 0.303 e. The van der Waals surface area contributed by atoms with Crippen LogP contribution in [0.1, 0.15) is 25.7 Å². The van der Waals surface area contributed by atoms with Crippen LogP contribution in [0.15, 0.2) is 0 Å². The molecule has 0 spiro atoms. The van der Waals surface area contributed by atoms with Crippen molar-refractivity contribution < 1.29 is 36.1 Å². The summed E-state index contributed by atoms with van der Waals surface area (Å²) >= 11 is 0. The van der Waals surface area contributed by atoms with Gasteiger partial charge in [0.25, 0.3) is 0 Å². The molecule has 0 radical (unpaired) electrons. The molecule has 0 bridgehead atoms. The van der Waals surface area contributed by atoms with Crippen LogP contribution >= 0.6 is 12.4 Å². The fourth-order valence-electron chi connectivity index (χ4n) is 0.597. The number of halogens is 1. The second kappa shape index (κ2) is 18.0. The van der Waals surface area contributed by atoms with Gasteiger partial charge in [-0.05, 0) is 19.4 Å². The molecule has 0 unspecified atom stereocenters. The third-order valence-electron chi connectivity index (χ3n) is 1.09. The molecule has 3 N–H and O–H groups in total. The Morgan fingerprint density at radius 2 is 1.75 bits per heavy atom. The van der Waals surface area contributed by atoms with Crippen LogP contribution in [0, 0.1) is 0 Å². The van der Waals surface area contributed by atoms with Gasteiger partial charge in [0.1, 0.15) is 0 Å². The van der Waals surface area contributed by atoms with Crippen molar-refractivity contribution >= 4 is 35.7 Å². The summed E-state index contributed by atoms with van der Waals surface area (Å²) in [6, 6.07) is 0. The first-order chi connectivity index (χ1) is 4.27. The predicted octanol–water partition coefficient (Wildman–Crippen LogP) is -0.174. The Morgan fingerprint density at radius 3 is 2.08 bits per heavy atom. The van der Waals surface area contributed by atoms with Crippen LogP contribution in [0.25, 0.3) is 0 Å². The summed E-state index contributed by atoms with van der Waals surface area (Å²) < 4.78 is 0. The Morgan fingerprint density at radius 1 is 1.25 bits per heavy atom. The number of nitrogens with two attached hydrogens (primary N) is 1. The van der Waals surface area contributed by atoms with E-state index in [0.717, 1.165) is 19.3 Å². The van der Waals surface area contributed by atoms with Crippen LogP contribution < -0.4 is 5.73 Å². The van der Waals surface area contributed by atoms with E-state index in [0.29, 0.717) is 6.54 Å². The van der Waals surface area contributed by atoms with Gasteiger partial charge in [-0.25, -0.2) is 0 Å². The van der Waals surface area contributed by atoms with Crippen LogP contribution in [-0.4, -0.2) is 35.0 Å². The summed E-state index contributed by atoms with van der Waals surface area (Å²) in [7, 11) is 0. The van der Waals surface area contributed by atoms with Crippen molar-refractivity contribution in [3.8, 4) is 0 Å². The Labute approximate surface area is 109 Å². The smallest absolute Gasteiger partial charge is 0.303 e. The van der Waals surface area contributed by atoms with Crippen LogP contribution in [-0.2, 0) is 31.0 Å². The largest absolute Gasteiger partial charge is 0.481 e. The second-order valence-corrected chi connectivity index (χ2v) is 1.99. The Bertz CT molecular complexity index is 97.6. The van der Waals surface area contributed by atoms with E-state index in [1.165, 1.54) is 0 Å². The quantitative estimate of drug-likeness (QED) is 0.545. The number of carbonyl (C=O) groups is 1. The monoisotopic (exact) mass is 287 g/mol. The first-order valence-corrected chi connectivity index (χ1v) is 3.19. The van der Waals surface area contributed by atoms with Gasteiger partial charge in [0.2, 0.25) is 0 Å². The minimum absolute atomic E-state index is 0. The van der Waals surface area contributed by atoms with Crippen LogP contribution in [0.5, 0.6) is 0 Å². The number of aliphatic carboxylic acids is 1. The van der Waals surface area contributed by atoms with E-state index in [9.17, 15) is 4.79 Å². The summed E-state index contributed by atoms with van der Waals surface area (Å²) in [6.45, 7) is 0.666. The third-order valence-corrected chi connectivity index (χ3v) is 1.09. The number of unbranched alkanes of at least 4 members (excludes halogenated alkanes) is 2. The molecule has 6 heteroatoms. The fraction of sp³-hybridized carbons (Fsp3) is 0.833. The number of hydrogen-bond donors (Lipinski definition) is 2. The van der Waals surface area contributed by atoms with E-state index in [4.69, 9.17) is 10.8 Å². The van der Waals surface area contributed by atoms with Crippen molar-refractivity contribution in [1.82, 2.24) is 0 Å². The molecule has 0 saturated heterocycles. The molecule has 0 aliphatic rings. The molecule has 0 aromatic carbocycles. The number of carboxylic acid groups (broad SMARTS) is 1. The average molecular weight is 289 g/mol. The molecule has 0 atom stereocenters. The van der Waals surface area contributed by atoms with Crippen molar-refractivity contribution in [2.75, 3.05) is 6.54 Å². The molecule has 0 fully saturated rings. The van der Waals surface area contributed by atoms with E-state index < -0.39 is 5.97 Å². The van der Waals surface area contributed by atoms with Crippen molar-refractivity contribution in [3.05, 3.63) is 0 Å². The molecule has 0 amide bonds. The van der Waals surface area contributed by atoms with E-state index in [-0.39, 0.29) is 62.4 Å². The van der Waals surface area contributed by atoms with Gasteiger partial charge >= 0.3 is 5.97 Å². The number of rotatable bonds is 5. The molecule has 72 valence electrons. The zero-order valence-electron chi connectivity index (χ0n) is 6.38. The maximum absolute atomic E-state index is 9.93. The summed E-state index contributed by atoms with van der Waals surface area (Å²) in [5.74, 6) is -0.716. The maximum atomic E-state index is 9.93. The predicted molar refractivity (Wildman–Crippen MR) is 52.3 cm³/mol. The first-order valence-electron chi connectivity index (χ1n) is 3.19. The minimum Gasteiger partial charge on any atom is -0.481 e. The molecule has 0 saturated carbocycles. The molecule has 0 aliphatic carbocycles. The molecule has 0 aromatic heterocycles. The van der Waals surface area contributed by atoms with Gasteiger partial charge in [-0.2, -0.15) is 0 Å². The molecule has 12 heavy (non-hydrogen) atoms. The molecule has 0 rings (SSSR count). The third kappa shape index (κ3) is 22.5. The fourth-order valence-corrected chi connectivity index (χ4v) is 0.597. The Balaban J connectivity index is -0.000000107. The molecule has 0 aliphatic heterocycles. The Kier molecular flexibility index (Phi) is 34.8. The van der Waals surface area contributed by atoms with Crippen molar-refractivity contribution in [2.24, 2.45) is 5.73 Å². The summed E-state index contributed by atoms with van der Waals surface area (Å²) in [5, 5.41) is 8.18. The van der Waals surface area contributed by atoms with Gasteiger partial charge in [0.05, 0.1) is 0 Å². The van der Waals surface area contributed by atoms with Gasteiger partial charge in [-0.3, -0.25) is 4.79 Å². The topological polar surface area (TPSA) is 63.3 Å². The molecule has 0 aromatic rings. The van der Waals surface area contributed by atoms with Crippen molar-refractivity contribution in [3.63, 3.8) is 0 Å². The SMILES string of the molecule is Cl.NCCCCCC(=O)O.[AlH3].[Zr]. The van der Waals surface area contributed by atoms with Gasteiger partial charge < -0.3 is 10.8 Å². The Hall–Kier alpha value is 1.14. The van der Waals surface area contributed by atoms with Gasteiger partial charge in [-0.1, -0.05) is 6.42 Å². The van der Waals surface area contributed by atoms with Crippen molar-refractivity contribution in [2.45, 2.75) is 25.7 Å². The zero-order valence-corrected chi connectivity index (χ0v) is 9.65. The molecule has 3 nitrogen and oxygen atoms in total. The number of carboxylic acids is 1. The van der Waals surface area contributed by atoms with Gasteiger partial charge in [0, 0.05) is 32.6 Å². The van der Waals surface area contributed by atoms with Crippen LogP contribution in [0.2, 0.25) is 0 Å². The van der Waals surface area contributed by atoms with E-state index in [2.05, 4.69) is 0 Å². The normalized spacial score (nSPS) is 7.08. The van der Waals surface area contributed by atoms with Crippen LogP contribution in [0.4, 0.5) is 0 Å². The zero-order chi connectivity index (χ0) is 7.11. The van der Waals surface area contributed by atoms with Crippen LogP contribution in [0.3, 0.4) is 0 Å². The van der Waals surface area contributed by atoms with E-state index in [1.807, 2.05) is 0 Å². The van der Waals surface area contributed by atoms with E-state index in [1.54, 1.807) is 0 Å². The molecular formula is C6H17AlClNO2Zr. The second-order valence-electron chi connectivity index (χ2n) is 1.99.